The zero-order chi connectivity index (χ0) is 25.0. The van der Waals surface area contributed by atoms with Crippen molar-refractivity contribution in [3.8, 4) is 0 Å². The number of hydrogen-bond donors (Lipinski definition) is 3. The van der Waals surface area contributed by atoms with Crippen molar-refractivity contribution in [2.24, 2.45) is 41.2 Å². The van der Waals surface area contributed by atoms with Crippen LogP contribution < -0.4 is 16.4 Å². The second-order valence-corrected chi connectivity index (χ2v) is 13.8. The van der Waals surface area contributed by atoms with Crippen LogP contribution in [0.3, 0.4) is 0 Å². The Morgan fingerprint density at radius 3 is 2.54 bits per heavy atom. The van der Waals surface area contributed by atoms with Crippen molar-refractivity contribution in [3.63, 3.8) is 0 Å². The van der Waals surface area contributed by atoms with E-state index in [0.717, 1.165) is 29.6 Å². The smallest absolute Gasteiger partial charge is 0.0350 e. The van der Waals surface area contributed by atoms with E-state index in [2.05, 4.69) is 34.9 Å². The quantitative estimate of drug-likeness (QED) is 0.316. The van der Waals surface area contributed by atoms with Gasteiger partial charge in [0.25, 0.3) is 0 Å². The van der Waals surface area contributed by atoms with Crippen LogP contribution >= 0.6 is 0 Å². The molecule has 0 aromatic carbocycles. The number of hydrogen-bond acceptors (Lipinski definition) is 3. The summed E-state index contributed by atoms with van der Waals surface area (Å²) in [6.07, 6.45) is 34.4. The molecule has 0 amide bonds. The molecule has 6 aliphatic rings. The van der Waals surface area contributed by atoms with E-state index in [1.165, 1.54) is 122 Å². The number of fused-ring (bicyclic) bond motifs is 1. The molecule has 2 fully saturated rings. The minimum atomic E-state index is 0.284. The van der Waals surface area contributed by atoms with Crippen molar-refractivity contribution in [1.29, 1.82) is 0 Å². The number of nitrogens with one attached hydrogen (secondary N) is 2. The summed E-state index contributed by atoms with van der Waals surface area (Å²) in [4.78, 5) is 0. The first-order chi connectivity index (χ1) is 18.3. The summed E-state index contributed by atoms with van der Waals surface area (Å²) in [6, 6.07) is 1.29. The Balaban J connectivity index is 1.28. The third kappa shape index (κ3) is 5.93. The van der Waals surface area contributed by atoms with Crippen LogP contribution in [0.4, 0.5) is 0 Å². The van der Waals surface area contributed by atoms with Crippen LogP contribution in [0.2, 0.25) is 0 Å². The molecule has 8 atom stereocenters. The Morgan fingerprint density at radius 2 is 1.68 bits per heavy atom. The molecule has 2 saturated carbocycles. The number of rotatable bonds is 7. The molecule has 0 aromatic rings. The number of nitrogens with two attached hydrogens (primary N) is 1. The molecule has 0 bridgehead atoms. The fourth-order valence-corrected chi connectivity index (χ4v) is 9.65. The van der Waals surface area contributed by atoms with E-state index in [4.69, 9.17) is 5.73 Å². The topological polar surface area (TPSA) is 50.1 Å². The highest BCUT2D eigenvalue weighted by atomic mass is 15.0. The van der Waals surface area contributed by atoms with Gasteiger partial charge in [0.15, 0.2) is 0 Å². The van der Waals surface area contributed by atoms with Crippen molar-refractivity contribution >= 4 is 0 Å². The van der Waals surface area contributed by atoms with Crippen molar-refractivity contribution < 1.29 is 0 Å². The van der Waals surface area contributed by atoms with Crippen LogP contribution in [0.25, 0.3) is 0 Å². The maximum Gasteiger partial charge on any atom is 0.0350 e. The molecule has 6 unspecified atom stereocenters. The van der Waals surface area contributed by atoms with Gasteiger partial charge in [-0.15, -0.1) is 0 Å². The van der Waals surface area contributed by atoms with Gasteiger partial charge in [-0.05, 0) is 118 Å². The SMILES string of the molecule is NC(C1CC=CCC1)[C@H](CC1CCCCC1)NC1C2=C(CCCC2)NCC1[C@@H]1CCCC2C=CCCC21. The van der Waals surface area contributed by atoms with E-state index < -0.39 is 0 Å². The van der Waals surface area contributed by atoms with Gasteiger partial charge in [-0.1, -0.05) is 62.8 Å². The summed E-state index contributed by atoms with van der Waals surface area (Å²) in [5.41, 5.74) is 10.7. The average Bonchev–Trinajstić information content (AvgIpc) is 2.97. The molecule has 206 valence electrons. The summed E-state index contributed by atoms with van der Waals surface area (Å²) in [6.45, 7) is 1.19. The van der Waals surface area contributed by atoms with Gasteiger partial charge >= 0.3 is 0 Å². The van der Waals surface area contributed by atoms with Crippen LogP contribution in [-0.2, 0) is 0 Å². The molecule has 3 nitrogen and oxygen atoms in total. The maximum atomic E-state index is 7.29. The summed E-state index contributed by atoms with van der Waals surface area (Å²) in [5.74, 6) is 4.84. The van der Waals surface area contributed by atoms with Gasteiger partial charge < -0.3 is 16.4 Å². The second kappa shape index (κ2) is 12.4. The molecule has 37 heavy (non-hydrogen) atoms. The zero-order valence-corrected chi connectivity index (χ0v) is 23.5. The van der Waals surface area contributed by atoms with Crippen molar-refractivity contribution in [3.05, 3.63) is 35.6 Å². The van der Waals surface area contributed by atoms with E-state index >= 15 is 0 Å². The van der Waals surface area contributed by atoms with Crippen LogP contribution in [0.15, 0.2) is 35.6 Å². The minimum Gasteiger partial charge on any atom is -0.388 e. The Hall–Kier alpha value is -1.06. The first-order valence-electron chi connectivity index (χ1n) is 16.6. The van der Waals surface area contributed by atoms with E-state index in [1.54, 1.807) is 11.3 Å². The molecular weight excluding hydrogens is 450 g/mol. The first-order valence-corrected chi connectivity index (χ1v) is 16.6. The minimum absolute atomic E-state index is 0.284. The predicted octanol–water partition coefficient (Wildman–Crippen LogP) is 7.40. The molecule has 1 heterocycles. The molecule has 4 N–H and O–H groups in total. The molecule has 0 aromatic heterocycles. The summed E-state index contributed by atoms with van der Waals surface area (Å²) in [7, 11) is 0. The van der Waals surface area contributed by atoms with Crippen LogP contribution in [0.1, 0.15) is 116 Å². The van der Waals surface area contributed by atoms with E-state index in [0.29, 0.717) is 18.0 Å². The first kappa shape index (κ1) is 26.2. The Morgan fingerprint density at radius 1 is 0.811 bits per heavy atom. The highest BCUT2D eigenvalue weighted by Crippen LogP contribution is 2.47. The Bertz CT molecular complexity index is 836. The van der Waals surface area contributed by atoms with Gasteiger partial charge in [0.2, 0.25) is 0 Å². The van der Waals surface area contributed by atoms with E-state index in [-0.39, 0.29) is 6.04 Å². The Kier molecular flexibility index (Phi) is 8.78. The van der Waals surface area contributed by atoms with Crippen molar-refractivity contribution in [1.82, 2.24) is 10.6 Å². The van der Waals surface area contributed by atoms with Gasteiger partial charge in [0.1, 0.15) is 0 Å². The molecule has 5 aliphatic carbocycles. The van der Waals surface area contributed by atoms with Crippen molar-refractivity contribution in [2.45, 2.75) is 134 Å². The molecule has 1 aliphatic heterocycles. The molecule has 0 radical (unpaired) electrons. The second-order valence-electron chi connectivity index (χ2n) is 13.8. The standard InChI is InChI=1S/C34H55N3/c35-33(26-15-5-2-6-16-26)32(22-24-12-3-1-4-13-24)37-34-29-19-9-10-21-31(29)36-23-30(34)28-20-11-17-25-14-7-8-18-27(25)28/h2,5,7,14,24-28,30,32-34,36-37H,1,3-4,6,8-13,15-23,35H2/t25?,26?,27?,28-,30?,32+,33?,34?/m1/s1. The van der Waals surface area contributed by atoms with Gasteiger partial charge in [-0.2, -0.15) is 0 Å². The van der Waals surface area contributed by atoms with Crippen LogP contribution in [-0.4, -0.2) is 24.7 Å². The van der Waals surface area contributed by atoms with Crippen LogP contribution in [0, 0.1) is 35.5 Å². The predicted molar refractivity (Wildman–Crippen MR) is 156 cm³/mol. The van der Waals surface area contributed by atoms with E-state index in [9.17, 15) is 0 Å². The Labute approximate surface area is 227 Å². The normalized spacial score (nSPS) is 38.4. The molecular formula is C34H55N3. The summed E-state index contributed by atoms with van der Waals surface area (Å²) >= 11 is 0. The monoisotopic (exact) mass is 505 g/mol. The lowest BCUT2D eigenvalue weighted by molar-refractivity contribution is 0.0815. The third-order valence-electron chi connectivity index (χ3n) is 11.7. The zero-order valence-electron chi connectivity index (χ0n) is 23.5. The highest BCUT2D eigenvalue weighted by Gasteiger charge is 2.44. The van der Waals surface area contributed by atoms with Gasteiger partial charge in [-0.25, -0.2) is 0 Å². The van der Waals surface area contributed by atoms with Gasteiger partial charge in [0.05, 0.1) is 0 Å². The summed E-state index contributed by atoms with van der Waals surface area (Å²) < 4.78 is 0. The highest BCUT2D eigenvalue weighted by molar-refractivity contribution is 5.27. The lowest BCUT2D eigenvalue weighted by Gasteiger charge is -2.50. The largest absolute Gasteiger partial charge is 0.388 e. The number of allylic oxidation sites excluding steroid dienone is 5. The summed E-state index contributed by atoms with van der Waals surface area (Å²) in [5, 5.41) is 8.50. The average molecular weight is 506 g/mol. The third-order valence-corrected chi connectivity index (χ3v) is 11.7. The van der Waals surface area contributed by atoms with Gasteiger partial charge in [0, 0.05) is 30.4 Å². The molecule has 0 saturated heterocycles. The van der Waals surface area contributed by atoms with Crippen molar-refractivity contribution in [2.75, 3.05) is 6.54 Å². The molecule has 3 heteroatoms. The van der Waals surface area contributed by atoms with Crippen LogP contribution in [0.5, 0.6) is 0 Å². The maximum absolute atomic E-state index is 7.29. The lowest BCUT2D eigenvalue weighted by Crippen LogP contribution is -2.60. The fourth-order valence-electron chi connectivity index (χ4n) is 9.65. The van der Waals surface area contributed by atoms with Gasteiger partial charge in [-0.3, -0.25) is 0 Å². The lowest BCUT2D eigenvalue weighted by atomic mass is 9.61. The molecule has 0 spiro atoms. The molecule has 6 rings (SSSR count). The fraction of sp³-hybridized carbons (Fsp3) is 0.824. The van der Waals surface area contributed by atoms with E-state index in [1.807, 2.05) is 0 Å².